The van der Waals surface area contributed by atoms with Crippen molar-refractivity contribution < 1.29 is 0 Å². The van der Waals surface area contributed by atoms with E-state index in [1.54, 1.807) is 0 Å². The topological polar surface area (TPSA) is 29.3 Å². The fourth-order valence-corrected chi connectivity index (χ4v) is 0.935. The molecule has 1 aliphatic heterocycles. The van der Waals surface area contributed by atoms with Crippen LogP contribution in [0, 0.1) is 0 Å². The summed E-state index contributed by atoms with van der Waals surface area (Å²) in [5.74, 6) is 0. The van der Waals surface area contributed by atoms with Gasteiger partial charge in [0.1, 0.15) is 0 Å². The van der Waals surface area contributed by atoms with Crippen molar-refractivity contribution >= 4 is 0 Å². The minimum atomic E-state index is 0.565. The first-order valence-corrected chi connectivity index (χ1v) is 2.93. The molecule has 0 aromatic heterocycles. The minimum absolute atomic E-state index is 0.565. The van der Waals surface area contributed by atoms with Crippen molar-refractivity contribution in [2.45, 2.75) is 12.5 Å². The number of hydrogen-bond donors (Lipinski definition) is 1. The lowest BCUT2D eigenvalue weighted by Crippen LogP contribution is -2.30. The molecule has 0 aliphatic carbocycles. The second-order valence-corrected chi connectivity index (χ2v) is 2.18. The molecule has 0 spiro atoms. The van der Waals surface area contributed by atoms with Gasteiger partial charge in [-0.15, -0.1) is 0 Å². The van der Waals surface area contributed by atoms with Crippen LogP contribution in [0.15, 0.2) is 12.3 Å². The molecular formula is C6H12N2. The average molecular weight is 112 g/mol. The van der Waals surface area contributed by atoms with Crippen molar-refractivity contribution in [2.75, 3.05) is 13.6 Å². The van der Waals surface area contributed by atoms with E-state index in [1.807, 2.05) is 0 Å². The van der Waals surface area contributed by atoms with Gasteiger partial charge in [0.2, 0.25) is 0 Å². The Labute approximate surface area is 50.0 Å². The Morgan fingerprint density at radius 3 is 2.88 bits per heavy atom. The predicted octanol–water partition coefficient (Wildman–Crippen LogP) is 0.163. The number of rotatable bonds is 1. The summed E-state index contributed by atoms with van der Waals surface area (Å²) in [5, 5.41) is 0. The van der Waals surface area contributed by atoms with Gasteiger partial charge in [-0.25, -0.2) is 0 Å². The monoisotopic (exact) mass is 112 g/mol. The molecule has 1 atom stereocenters. The van der Waals surface area contributed by atoms with Crippen LogP contribution in [-0.4, -0.2) is 24.5 Å². The van der Waals surface area contributed by atoms with E-state index in [1.165, 1.54) is 0 Å². The molecule has 0 aromatic rings. The number of nitrogens with zero attached hydrogens (tertiary/aromatic N) is 1. The molecule has 46 valence electrons. The van der Waals surface area contributed by atoms with Gasteiger partial charge in [-0.1, -0.05) is 6.08 Å². The molecule has 8 heavy (non-hydrogen) atoms. The third kappa shape index (κ3) is 0.842. The molecule has 0 bridgehead atoms. The largest absolute Gasteiger partial charge is 0.376 e. The lowest BCUT2D eigenvalue weighted by Gasteiger charge is -2.17. The van der Waals surface area contributed by atoms with Gasteiger partial charge < -0.3 is 10.6 Å². The standard InChI is InChI=1S/C6H12N2/c1-8-4-2-3-6(8)5-7/h2,4,6H,3,5,7H2,1H3. The smallest absolute Gasteiger partial charge is 0.0438 e. The molecule has 0 saturated carbocycles. The molecule has 0 fully saturated rings. The third-order valence-electron chi connectivity index (χ3n) is 1.60. The Balaban J connectivity index is 2.38. The summed E-state index contributed by atoms with van der Waals surface area (Å²) in [6.45, 7) is 0.767. The lowest BCUT2D eigenvalue weighted by atomic mass is 10.2. The predicted molar refractivity (Wildman–Crippen MR) is 34.4 cm³/mol. The maximum atomic E-state index is 5.44. The van der Waals surface area contributed by atoms with E-state index in [9.17, 15) is 0 Å². The number of hydrogen-bond acceptors (Lipinski definition) is 2. The molecule has 1 unspecified atom stereocenters. The van der Waals surface area contributed by atoms with Crippen molar-refractivity contribution in [3.05, 3.63) is 12.3 Å². The van der Waals surface area contributed by atoms with Gasteiger partial charge in [-0.05, 0) is 12.6 Å². The van der Waals surface area contributed by atoms with Gasteiger partial charge in [0.15, 0.2) is 0 Å². The zero-order valence-corrected chi connectivity index (χ0v) is 5.17. The van der Waals surface area contributed by atoms with Gasteiger partial charge in [-0.3, -0.25) is 0 Å². The molecule has 2 nitrogen and oxygen atoms in total. The fourth-order valence-electron chi connectivity index (χ4n) is 0.935. The second kappa shape index (κ2) is 2.18. The highest BCUT2D eigenvalue weighted by Gasteiger charge is 2.11. The highest BCUT2D eigenvalue weighted by atomic mass is 15.1. The van der Waals surface area contributed by atoms with Crippen molar-refractivity contribution in [3.63, 3.8) is 0 Å². The molecular weight excluding hydrogens is 100 g/mol. The van der Waals surface area contributed by atoms with Crippen LogP contribution in [0.4, 0.5) is 0 Å². The molecule has 0 saturated heterocycles. The Morgan fingerprint density at radius 2 is 2.62 bits per heavy atom. The van der Waals surface area contributed by atoms with Crippen LogP contribution in [0.25, 0.3) is 0 Å². The highest BCUT2D eigenvalue weighted by Crippen LogP contribution is 2.08. The van der Waals surface area contributed by atoms with E-state index in [4.69, 9.17) is 5.73 Å². The van der Waals surface area contributed by atoms with E-state index in [2.05, 4.69) is 24.2 Å². The average Bonchev–Trinajstić information content (AvgIpc) is 2.14. The quantitative estimate of drug-likeness (QED) is 0.523. The van der Waals surface area contributed by atoms with Crippen molar-refractivity contribution in [2.24, 2.45) is 5.73 Å². The normalized spacial score (nSPS) is 27.2. The van der Waals surface area contributed by atoms with Crippen molar-refractivity contribution in [3.8, 4) is 0 Å². The minimum Gasteiger partial charge on any atom is -0.376 e. The van der Waals surface area contributed by atoms with Gasteiger partial charge in [0.25, 0.3) is 0 Å². The SMILES string of the molecule is CN1C=CCC1CN. The molecule has 1 heterocycles. The Bertz CT molecular complexity index is 98.7. The van der Waals surface area contributed by atoms with Crippen molar-refractivity contribution in [1.82, 2.24) is 4.90 Å². The van der Waals surface area contributed by atoms with Crippen LogP contribution >= 0.6 is 0 Å². The summed E-state index contributed by atoms with van der Waals surface area (Å²) in [4.78, 5) is 2.15. The number of nitrogens with two attached hydrogens (primary N) is 1. The Kier molecular flexibility index (Phi) is 1.53. The molecule has 2 heteroatoms. The van der Waals surface area contributed by atoms with E-state index >= 15 is 0 Å². The maximum absolute atomic E-state index is 5.44. The van der Waals surface area contributed by atoms with Crippen molar-refractivity contribution in [1.29, 1.82) is 0 Å². The molecule has 0 aromatic carbocycles. The Morgan fingerprint density at radius 1 is 1.88 bits per heavy atom. The van der Waals surface area contributed by atoms with Crippen LogP contribution in [-0.2, 0) is 0 Å². The summed E-state index contributed by atoms with van der Waals surface area (Å²) in [7, 11) is 2.06. The summed E-state index contributed by atoms with van der Waals surface area (Å²) >= 11 is 0. The van der Waals surface area contributed by atoms with Gasteiger partial charge in [0, 0.05) is 19.6 Å². The van der Waals surface area contributed by atoms with Crippen LogP contribution < -0.4 is 5.73 Å². The molecule has 1 rings (SSSR count). The maximum Gasteiger partial charge on any atom is 0.0438 e. The molecule has 1 aliphatic rings. The van der Waals surface area contributed by atoms with Gasteiger partial charge >= 0.3 is 0 Å². The zero-order chi connectivity index (χ0) is 5.98. The van der Waals surface area contributed by atoms with E-state index in [0.29, 0.717) is 6.04 Å². The summed E-state index contributed by atoms with van der Waals surface area (Å²) in [5.41, 5.74) is 5.44. The van der Waals surface area contributed by atoms with Crippen LogP contribution in [0.1, 0.15) is 6.42 Å². The van der Waals surface area contributed by atoms with E-state index < -0.39 is 0 Å². The van der Waals surface area contributed by atoms with Crippen LogP contribution in [0.2, 0.25) is 0 Å². The van der Waals surface area contributed by atoms with E-state index in [0.717, 1.165) is 13.0 Å². The first-order chi connectivity index (χ1) is 3.84. The lowest BCUT2D eigenvalue weighted by molar-refractivity contribution is 0.364. The first kappa shape index (κ1) is 5.63. The molecule has 0 amide bonds. The second-order valence-electron chi connectivity index (χ2n) is 2.18. The van der Waals surface area contributed by atoms with Gasteiger partial charge in [0.05, 0.1) is 0 Å². The fraction of sp³-hybridized carbons (Fsp3) is 0.667. The summed E-state index contributed by atoms with van der Waals surface area (Å²) in [6, 6.07) is 0.565. The van der Waals surface area contributed by atoms with Crippen LogP contribution in [0.5, 0.6) is 0 Å². The van der Waals surface area contributed by atoms with Gasteiger partial charge in [-0.2, -0.15) is 0 Å². The highest BCUT2D eigenvalue weighted by molar-refractivity contribution is 4.96. The third-order valence-corrected chi connectivity index (χ3v) is 1.60. The van der Waals surface area contributed by atoms with Crippen LogP contribution in [0.3, 0.4) is 0 Å². The molecule has 2 N–H and O–H groups in total. The summed E-state index contributed by atoms with van der Waals surface area (Å²) < 4.78 is 0. The zero-order valence-electron chi connectivity index (χ0n) is 5.17. The summed E-state index contributed by atoms with van der Waals surface area (Å²) in [6.07, 6.45) is 5.35. The first-order valence-electron chi connectivity index (χ1n) is 2.93. The number of likely N-dealkylation sites (N-methyl/N-ethyl adjacent to an activating group) is 1. The van der Waals surface area contributed by atoms with E-state index in [-0.39, 0.29) is 0 Å². The molecule has 0 radical (unpaired) electrons. The Hall–Kier alpha value is -0.500.